The fourth-order valence-electron chi connectivity index (χ4n) is 1.02. The third kappa shape index (κ3) is 1.61. The van der Waals surface area contributed by atoms with Gasteiger partial charge in [-0.25, -0.2) is 0 Å². The van der Waals surface area contributed by atoms with Gasteiger partial charge in [0.25, 0.3) is 0 Å². The molecule has 0 unspecified atom stereocenters. The number of aryl methyl sites for hydroxylation is 1. The van der Waals surface area contributed by atoms with Gasteiger partial charge in [0.05, 0.1) is 0 Å². The van der Waals surface area contributed by atoms with Crippen LogP contribution < -0.4 is 0 Å². The minimum absolute atomic E-state index is 0.350. The highest BCUT2D eigenvalue weighted by Crippen LogP contribution is 2.14. The molecule has 0 atom stereocenters. The molecule has 1 heteroatoms. The van der Waals surface area contributed by atoms with E-state index >= 15 is 0 Å². The van der Waals surface area contributed by atoms with Gasteiger partial charge in [0.2, 0.25) is 0 Å². The smallest absolute Gasteiger partial charge is 0.118 e. The van der Waals surface area contributed by atoms with Crippen LogP contribution in [0.2, 0.25) is 0 Å². The summed E-state index contributed by atoms with van der Waals surface area (Å²) in [6.45, 7) is 3.80. The van der Waals surface area contributed by atoms with E-state index in [1.807, 2.05) is 38.1 Å². The van der Waals surface area contributed by atoms with Crippen LogP contribution in [0, 0.1) is 6.92 Å². The molecule has 1 aromatic carbocycles. The van der Waals surface area contributed by atoms with Gasteiger partial charge in [-0.2, -0.15) is 0 Å². The molecule has 0 spiro atoms. The number of aliphatic hydroxyl groups excluding tert-OH is 1. The van der Waals surface area contributed by atoms with Gasteiger partial charge in [0.15, 0.2) is 0 Å². The van der Waals surface area contributed by atoms with Crippen molar-refractivity contribution in [2.75, 3.05) is 0 Å². The van der Waals surface area contributed by atoms with Crippen molar-refractivity contribution in [1.29, 1.82) is 0 Å². The summed E-state index contributed by atoms with van der Waals surface area (Å²) in [6.07, 6.45) is 1.70. The van der Waals surface area contributed by atoms with E-state index in [-0.39, 0.29) is 0 Å². The van der Waals surface area contributed by atoms with Crippen molar-refractivity contribution in [3.8, 4) is 0 Å². The fraction of sp³-hybridized carbons (Fsp3) is 0.200. The first kappa shape index (κ1) is 7.86. The van der Waals surface area contributed by atoms with Gasteiger partial charge in [-0.3, -0.25) is 0 Å². The van der Waals surface area contributed by atoms with Gasteiger partial charge in [-0.1, -0.05) is 24.3 Å². The highest BCUT2D eigenvalue weighted by Gasteiger charge is 1.98. The fourth-order valence-corrected chi connectivity index (χ4v) is 1.02. The van der Waals surface area contributed by atoms with Crippen LogP contribution in [0.25, 0.3) is 5.76 Å². The molecular formula is C10H12O. The molecule has 0 fully saturated rings. The van der Waals surface area contributed by atoms with Crippen LogP contribution in [0.3, 0.4) is 0 Å². The van der Waals surface area contributed by atoms with Gasteiger partial charge in [0.1, 0.15) is 5.76 Å². The summed E-state index contributed by atoms with van der Waals surface area (Å²) >= 11 is 0. The van der Waals surface area contributed by atoms with Crippen LogP contribution >= 0.6 is 0 Å². The van der Waals surface area contributed by atoms with Crippen LogP contribution in [0.5, 0.6) is 0 Å². The number of hydrogen-bond acceptors (Lipinski definition) is 1. The van der Waals surface area contributed by atoms with Gasteiger partial charge in [-0.05, 0) is 25.5 Å². The number of allylic oxidation sites excluding steroid dienone is 1. The maximum atomic E-state index is 9.37. The summed E-state index contributed by atoms with van der Waals surface area (Å²) < 4.78 is 0. The van der Waals surface area contributed by atoms with Crippen molar-refractivity contribution in [3.05, 3.63) is 41.5 Å². The molecule has 0 heterocycles. The lowest BCUT2D eigenvalue weighted by Gasteiger charge is -2.02. The van der Waals surface area contributed by atoms with E-state index < -0.39 is 0 Å². The zero-order valence-corrected chi connectivity index (χ0v) is 6.83. The summed E-state index contributed by atoms with van der Waals surface area (Å²) in [5.74, 6) is 0.350. The number of rotatable bonds is 1. The van der Waals surface area contributed by atoms with Crippen molar-refractivity contribution in [1.82, 2.24) is 0 Å². The third-order valence-electron chi connectivity index (χ3n) is 1.69. The lowest BCUT2D eigenvalue weighted by molar-refractivity contribution is 0.510. The molecule has 0 aliphatic rings. The van der Waals surface area contributed by atoms with Crippen molar-refractivity contribution < 1.29 is 5.11 Å². The van der Waals surface area contributed by atoms with Gasteiger partial charge in [-0.15, -0.1) is 0 Å². The van der Waals surface area contributed by atoms with Gasteiger partial charge in [0, 0.05) is 5.56 Å². The van der Waals surface area contributed by atoms with E-state index in [0.717, 1.165) is 11.1 Å². The Morgan fingerprint density at radius 2 is 2.00 bits per heavy atom. The molecule has 0 saturated heterocycles. The molecular weight excluding hydrogens is 136 g/mol. The minimum atomic E-state index is 0.350. The van der Waals surface area contributed by atoms with Crippen molar-refractivity contribution in [2.45, 2.75) is 13.8 Å². The van der Waals surface area contributed by atoms with Crippen LogP contribution in [-0.2, 0) is 0 Å². The van der Waals surface area contributed by atoms with E-state index in [2.05, 4.69) is 0 Å². The Bertz CT molecular complexity index is 274. The molecule has 0 aliphatic carbocycles. The first-order valence-electron chi connectivity index (χ1n) is 3.67. The zero-order valence-electron chi connectivity index (χ0n) is 6.83. The predicted molar refractivity (Wildman–Crippen MR) is 47.5 cm³/mol. The zero-order chi connectivity index (χ0) is 8.27. The highest BCUT2D eigenvalue weighted by molar-refractivity contribution is 5.60. The van der Waals surface area contributed by atoms with Crippen LogP contribution in [0.4, 0.5) is 0 Å². The average Bonchev–Trinajstić information content (AvgIpc) is 2.04. The Morgan fingerprint density at radius 1 is 1.36 bits per heavy atom. The summed E-state index contributed by atoms with van der Waals surface area (Å²) in [6, 6.07) is 7.77. The SMILES string of the molecule is C/C=C(/O)c1ccccc1C. The summed E-state index contributed by atoms with van der Waals surface area (Å²) in [5.41, 5.74) is 2.01. The Hall–Kier alpha value is -1.24. The Labute approximate surface area is 67.0 Å². The van der Waals surface area contributed by atoms with E-state index in [4.69, 9.17) is 0 Å². The molecule has 0 radical (unpaired) electrons. The lowest BCUT2D eigenvalue weighted by atomic mass is 10.1. The van der Waals surface area contributed by atoms with Gasteiger partial charge >= 0.3 is 0 Å². The number of aliphatic hydroxyl groups is 1. The summed E-state index contributed by atoms with van der Waals surface area (Å²) in [4.78, 5) is 0. The average molecular weight is 148 g/mol. The third-order valence-corrected chi connectivity index (χ3v) is 1.69. The second kappa shape index (κ2) is 3.24. The molecule has 1 rings (SSSR count). The molecule has 58 valence electrons. The van der Waals surface area contributed by atoms with Crippen LogP contribution in [-0.4, -0.2) is 5.11 Å². The highest BCUT2D eigenvalue weighted by atomic mass is 16.3. The minimum Gasteiger partial charge on any atom is -0.508 e. The quantitative estimate of drug-likeness (QED) is 0.607. The largest absolute Gasteiger partial charge is 0.508 e. The Kier molecular flexibility index (Phi) is 2.32. The first-order chi connectivity index (χ1) is 5.25. The van der Waals surface area contributed by atoms with E-state index in [0.29, 0.717) is 5.76 Å². The maximum absolute atomic E-state index is 9.37. The molecule has 0 saturated carbocycles. The molecule has 11 heavy (non-hydrogen) atoms. The normalized spacial score (nSPS) is 11.6. The summed E-state index contributed by atoms with van der Waals surface area (Å²) in [5, 5.41) is 9.37. The van der Waals surface area contributed by atoms with Gasteiger partial charge < -0.3 is 5.11 Å². The predicted octanol–water partition coefficient (Wildman–Crippen LogP) is 2.91. The Balaban J connectivity index is 3.14. The molecule has 1 aromatic rings. The number of benzene rings is 1. The summed E-state index contributed by atoms with van der Waals surface area (Å²) in [7, 11) is 0. The van der Waals surface area contributed by atoms with Crippen molar-refractivity contribution >= 4 is 5.76 Å². The molecule has 0 aromatic heterocycles. The van der Waals surface area contributed by atoms with Crippen molar-refractivity contribution in [2.24, 2.45) is 0 Å². The van der Waals surface area contributed by atoms with E-state index in [9.17, 15) is 5.11 Å². The molecule has 1 N–H and O–H groups in total. The molecule has 0 bridgehead atoms. The monoisotopic (exact) mass is 148 g/mol. The molecule has 0 aliphatic heterocycles. The van der Waals surface area contributed by atoms with Crippen LogP contribution in [0.15, 0.2) is 30.3 Å². The topological polar surface area (TPSA) is 20.2 Å². The second-order valence-corrected chi connectivity index (χ2v) is 2.49. The maximum Gasteiger partial charge on any atom is 0.118 e. The number of hydrogen-bond donors (Lipinski definition) is 1. The molecule has 1 nitrogen and oxygen atoms in total. The first-order valence-corrected chi connectivity index (χ1v) is 3.67. The van der Waals surface area contributed by atoms with E-state index in [1.54, 1.807) is 6.08 Å². The van der Waals surface area contributed by atoms with Crippen molar-refractivity contribution in [3.63, 3.8) is 0 Å². The Morgan fingerprint density at radius 3 is 2.55 bits per heavy atom. The van der Waals surface area contributed by atoms with Crippen LogP contribution in [0.1, 0.15) is 18.1 Å². The van der Waals surface area contributed by atoms with E-state index in [1.165, 1.54) is 0 Å². The second-order valence-electron chi connectivity index (χ2n) is 2.49. The standard InChI is InChI=1S/C10H12O/c1-3-10(11)9-7-5-4-6-8(9)2/h3-7,11H,1-2H3/b10-3+. The molecule has 0 amide bonds. The lowest BCUT2D eigenvalue weighted by Crippen LogP contribution is -1.85.